The highest BCUT2D eigenvalue weighted by Crippen LogP contribution is 2.51. The summed E-state index contributed by atoms with van der Waals surface area (Å²) in [6.45, 7) is 4.79. The van der Waals surface area contributed by atoms with Crippen LogP contribution in [-0.4, -0.2) is 37.8 Å². The molecule has 3 aliphatic rings. The van der Waals surface area contributed by atoms with Crippen LogP contribution in [0.4, 0.5) is 5.69 Å². The molecule has 194 valence electrons. The lowest BCUT2D eigenvalue weighted by molar-refractivity contribution is -0.119. The molecule has 2 aromatic heterocycles. The zero-order valence-corrected chi connectivity index (χ0v) is 21.7. The average Bonchev–Trinajstić information content (AvgIpc) is 3.78. The van der Waals surface area contributed by atoms with Crippen molar-refractivity contribution >= 4 is 17.5 Å². The maximum absolute atomic E-state index is 13.7. The van der Waals surface area contributed by atoms with Crippen LogP contribution in [-0.2, 0) is 11.3 Å². The van der Waals surface area contributed by atoms with E-state index in [4.69, 9.17) is 0 Å². The van der Waals surface area contributed by atoms with Crippen LogP contribution in [0.1, 0.15) is 79.7 Å². The summed E-state index contributed by atoms with van der Waals surface area (Å²) in [4.78, 5) is 27.0. The Balaban J connectivity index is 1.21. The van der Waals surface area contributed by atoms with E-state index in [9.17, 15) is 9.59 Å². The van der Waals surface area contributed by atoms with E-state index in [0.29, 0.717) is 30.0 Å². The summed E-state index contributed by atoms with van der Waals surface area (Å²) in [6, 6.07) is 9.18. The van der Waals surface area contributed by atoms with Crippen molar-refractivity contribution in [3.05, 3.63) is 53.6 Å². The number of aryl methyl sites for hydroxylation is 2. The fourth-order valence-electron chi connectivity index (χ4n) is 5.76. The van der Waals surface area contributed by atoms with Crippen LogP contribution in [0.3, 0.4) is 0 Å². The zero-order chi connectivity index (χ0) is 25.5. The molecule has 37 heavy (non-hydrogen) atoms. The zero-order valence-electron chi connectivity index (χ0n) is 21.7. The van der Waals surface area contributed by atoms with Gasteiger partial charge in [-0.15, -0.1) is 0 Å². The number of hydrogen-bond donors (Lipinski definition) is 3. The van der Waals surface area contributed by atoms with Gasteiger partial charge in [-0.25, -0.2) is 0 Å². The highest BCUT2D eigenvalue weighted by Gasteiger charge is 2.48. The van der Waals surface area contributed by atoms with E-state index in [-0.39, 0.29) is 17.7 Å². The highest BCUT2D eigenvalue weighted by molar-refractivity contribution is 6.01. The third kappa shape index (κ3) is 5.06. The number of rotatable bonds is 11. The standard InChI is InChI=1S/C29H36N6O2/c1-3-16-35-23(14-15-30-35)28(36)32-27(25(19-4-5-19)20-6-7-20)29(37)31-22-12-10-18(11-13-22)24-17(2)33-34-26(24)21-8-9-21/h10-15,19-21,25,27H,3-9,16H2,1-2H3,(H,31,37)(H,32,36)(H,33,34). The normalized spacial score (nSPS) is 18.1. The summed E-state index contributed by atoms with van der Waals surface area (Å²) in [5.74, 6) is 1.40. The van der Waals surface area contributed by atoms with Crippen LogP contribution in [0.2, 0.25) is 0 Å². The molecule has 2 heterocycles. The number of carbonyl (C=O) groups excluding carboxylic acids is 2. The number of aromatic amines is 1. The summed E-state index contributed by atoms with van der Waals surface area (Å²) in [6.07, 6.45) is 9.47. The molecule has 6 rings (SSSR count). The predicted octanol–water partition coefficient (Wildman–Crippen LogP) is 5.04. The van der Waals surface area contributed by atoms with Crippen molar-refractivity contribution in [3.63, 3.8) is 0 Å². The molecule has 3 aliphatic carbocycles. The van der Waals surface area contributed by atoms with Crippen LogP contribution in [0, 0.1) is 24.7 Å². The fourth-order valence-corrected chi connectivity index (χ4v) is 5.76. The molecule has 3 aromatic rings. The first-order chi connectivity index (χ1) is 18.0. The van der Waals surface area contributed by atoms with Crippen molar-refractivity contribution in [1.82, 2.24) is 25.3 Å². The Hall–Kier alpha value is -3.42. The van der Waals surface area contributed by atoms with Gasteiger partial charge in [-0.3, -0.25) is 19.4 Å². The first-order valence-corrected chi connectivity index (χ1v) is 13.8. The smallest absolute Gasteiger partial charge is 0.270 e. The van der Waals surface area contributed by atoms with Crippen LogP contribution in [0.15, 0.2) is 36.5 Å². The minimum atomic E-state index is -0.560. The van der Waals surface area contributed by atoms with Gasteiger partial charge in [0.25, 0.3) is 5.91 Å². The molecule has 0 bridgehead atoms. The molecule has 1 unspecified atom stereocenters. The van der Waals surface area contributed by atoms with Gasteiger partial charge in [0.2, 0.25) is 5.91 Å². The lowest BCUT2D eigenvalue weighted by Gasteiger charge is -2.27. The second-order valence-electron chi connectivity index (χ2n) is 11.1. The van der Waals surface area contributed by atoms with Gasteiger partial charge in [0.1, 0.15) is 11.7 Å². The molecular weight excluding hydrogens is 464 g/mol. The Bertz CT molecular complexity index is 1270. The van der Waals surface area contributed by atoms with Crippen LogP contribution < -0.4 is 10.6 Å². The van der Waals surface area contributed by atoms with Crippen molar-refractivity contribution < 1.29 is 9.59 Å². The van der Waals surface area contributed by atoms with Crippen molar-refractivity contribution in [3.8, 4) is 11.1 Å². The average molecular weight is 501 g/mol. The maximum atomic E-state index is 13.7. The van der Waals surface area contributed by atoms with Crippen molar-refractivity contribution in [2.24, 2.45) is 17.8 Å². The molecule has 1 aromatic carbocycles. The second-order valence-corrected chi connectivity index (χ2v) is 11.1. The molecular formula is C29H36N6O2. The minimum Gasteiger partial charge on any atom is -0.339 e. The Morgan fingerprint density at radius 2 is 1.76 bits per heavy atom. The fraction of sp³-hybridized carbons (Fsp3) is 0.517. The summed E-state index contributed by atoms with van der Waals surface area (Å²) in [5.41, 5.74) is 5.75. The molecule has 3 N–H and O–H groups in total. The molecule has 3 saturated carbocycles. The third-order valence-electron chi connectivity index (χ3n) is 8.05. The number of H-pyrrole nitrogens is 1. The lowest BCUT2D eigenvalue weighted by Crippen LogP contribution is -2.50. The van der Waals surface area contributed by atoms with Gasteiger partial charge >= 0.3 is 0 Å². The van der Waals surface area contributed by atoms with Crippen LogP contribution in [0.25, 0.3) is 11.1 Å². The van der Waals surface area contributed by atoms with Gasteiger partial charge in [0.05, 0.1) is 5.69 Å². The number of nitrogens with one attached hydrogen (secondary N) is 3. The molecule has 0 spiro atoms. The van der Waals surface area contributed by atoms with Gasteiger partial charge in [-0.2, -0.15) is 10.2 Å². The first-order valence-electron chi connectivity index (χ1n) is 13.8. The van der Waals surface area contributed by atoms with E-state index in [0.717, 1.165) is 54.7 Å². The van der Waals surface area contributed by atoms with Gasteiger partial charge in [0.15, 0.2) is 0 Å². The molecule has 0 radical (unpaired) electrons. The van der Waals surface area contributed by atoms with E-state index in [2.05, 4.69) is 51.9 Å². The third-order valence-corrected chi connectivity index (χ3v) is 8.05. The molecule has 3 fully saturated rings. The summed E-state index contributed by atoms with van der Waals surface area (Å²) >= 11 is 0. The molecule has 0 saturated heterocycles. The Kier molecular flexibility index (Phi) is 6.34. The van der Waals surface area contributed by atoms with Crippen LogP contribution in [0.5, 0.6) is 0 Å². The number of aromatic nitrogens is 4. The quantitative estimate of drug-likeness (QED) is 0.343. The van der Waals surface area contributed by atoms with E-state index in [1.165, 1.54) is 18.4 Å². The van der Waals surface area contributed by atoms with E-state index < -0.39 is 6.04 Å². The molecule has 0 aliphatic heterocycles. The molecule has 1 atom stereocenters. The summed E-state index contributed by atoms with van der Waals surface area (Å²) in [5, 5.41) is 18.2. The Morgan fingerprint density at radius 3 is 2.38 bits per heavy atom. The van der Waals surface area contributed by atoms with Crippen molar-refractivity contribution in [1.29, 1.82) is 0 Å². The van der Waals surface area contributed by atoms with Gasteiger partial charge in [-0.1, -0.05) is 19.1 Å². The largest absolute Gasteiger partial charge is 0.339 e. The Morgan fingerprint density at radius 1 is 1.05 bits per heavy atom. The Labute approximate surface area is 217 Å². The van der Waals surface area contributed by atoms with E-state index in [1.54, 1.807) is 16.9 Å². The summed E-state index contributed by atoms with van der Waals surface area (Å²) < 4.78 is 1.72. The number of nitrogens with zero attached hydrogens (tertiary/aromatic N) is 3. The minimum absolute atomic E-state index is 0.135. The maximum Gasteiger partial charge on any atom is 0.270 e. The van der Waals surface area contributed by atoms with Crippen molar-refractivity contribution in [2.45, 2.75) is 77.3 Å². The summed E-state index contributed by atoms with van der Waals surface area (Å²) in [7, 11) is 0. The number of benzene rings is 1. The van der Waals surface area contributed by atoms with Crippen molar-refractivity contribution in [2.75, 3.05) is 5.32 Å². The number of anilines is 1. The lowest BCUT2D eigenvalue weighted by atomic mass is 9.88. The molecule has 8 heteroatoms. The topological polar surface area (TPSA) is 105 Å². The number of carbonyl (C=O) groups is 2. The highest BCUT2D eigenvalue weighted by atomic mass is 16.2. The molecule has 8 nitrogen and oxygen atoms in total. The van der Waals surface area contributed by atoms with Gasteiger partial charge < -0.3 is 10.6 Å². The SMILES string of the molecule is CCCn1nccc1C(=O)NC(C(=O)Nc1ccc(-c2c(C3CC3)n[nH]c2C)cc1)C(C1CC1)C1CC1. The van der Waals surface area contributed by atoms with E-state index in [1.807, 2.05) is 12.1 Å². The second kappa shape index (κ2) is 9.80. The predicted molar refractivity (Wildman–Crippen MR) is 142 cm³/mol. The monoisotopic (exact) mass is 500 g/mol. The van der Waals surface area contributed by atoms with Gasteiger partial charge in [-0.05, 0) is 93.4 Å². The van der Waals surface area contributed by atoms with E-state index >= 15 is 0 Å². The number of amides is 2. The van der Waals surface area contributed by atoms with Gasteiger partial charge in [0, 0.05) is 35.6 Å². The number of hydrogen-bond acceptors (Lipinski definition) is 4. The van der Waals surface area contributed by atoms with Crippen LogP contribution >= 0.6 is 0 Å². The first kappa shape index (κ1) is 23.9. The molecule has 2 amide bonds.